The summed E-state index contributed by atoms with van der Waals surface area (Å²) in [5, 5.41) is 132. The second-order valence-electron chi connectivity index (χ2n) is 17.2. The minimum atomic E-state index is -1.44. The molecule has 14 N–H and O–H groups in total. The van der Waals surface area contributed by atoms with Crippen LogP contribution in [0.3, 0.4) is 0 Å². The van der Waals surface area contributed by atoms with E-state index in [0.717, 1.165) is 45.5 Å². The molecule has 0 saturated carbocycles. The number of aromatic carboxylic acids is 4. The van der Waals surface area contributed by atoms with Gasteiger partial charge in [0.05, 0.1) is 46.8 Å². The number of nitriles is 2. The second-order valence-corrected chi connectivity index (χ2v) is 17.2. The molecule has 0 amide bonds. The fourth-order valence-electron chi connectivity index (χ4n) is 7.55. The molecular weight excluding hydrogens is 1100 g/mol. The van der Waals surface area contributed by atoms with Crippen LogP contribution < -0.4 is 43.0 Å². The molecule has 0 radical (unpaired) electrons. The number of aliphatic hydroxyl groups excluding tert-OH is 2. The molecule has 34 nitrogen and oxygen atoms in total. The van der Waals surface area contributed by atoms with E-state index in [9.17, 15) is 80.1 Å². The first-order valence-corrected chi connectivity index (χ1v) is 24.4. The third kappa shape index (κ3) is 14.4. The van der Waals surface area contributed by atoms with Crippen molar-refractivity contribution < 1.29 is 60.0 Å². The van der Waals surface area contributed by atoms with E-state index in [1.807, 2.05) is 12.1 Å². The van der Waals surface area contributed by atoms with E-state index < -0.39 is 80.4 Å². The monoisotopic (exact) mass is 1150 g/mol. The molecule has 430 valence electrons. The number of benzene rings is 3. The number of rotatable bonds is 26. The highest BCUT2D eigenvalue weighted by Crippen LogP contribution is 2.30. The highest BCUT2D eigenvalue weighted by molar-refractivity contribution is 5.96. The molecule has 0 spiro atoms. The number of carboxylic acids is 4. The fraction of sp³-hybridized carbons (Fsp3) is 0.200. The van der Waals surface area contributed by atoms with Gasteiger partial charge in [0, 0.05) is 61.8 Å². The Morgan fingerprint density at radius 3 is 1.07 bits per heavy atom. The van der Waals surface area contributed by atoms with Crippen molar-refractivity contribution in [3.05, 3.63) is 126 Å². The Bertz CT molecular complexity index is 3690. The largest absolute Gasteiger partial charge is 0.493 e. The minimum Gasteiger partial charge on any atom is -0.493 e. The summed E-state index contributed by atoms with van der Waals surface area (Å²) in [6.45, 7) is 1.24. The van der Waals surface area contributed by atoms with Gasteiger partial charge in [-0.25, -0.2) is 19.2 Å². The zero-order chi connectivity index (χ0) is 60.8. The lowest BCUT2D eigenvalue weighted by molar-refractivity contribution is 0.0676. The average molecular weight is 1150 g/mol. The van der Waals surface area contributed by atoms with Crippen LogP contribution in [-0.2, 0) is 13.1 Å². The lowest BCUT2D eigenvalue weighted by Crippen LogP contribution is -2.25. The van der Waals surface area contributed by atoms with Gasteiger partial charge in [-0.3, -0.25) is 18.7 Å². The molecule has 0 aliphatic carbocycles. The maximum atomic E-state index is 13.7. The van der Waals surface area contributed by atoms with Crippen LogP contribution in [0, 0.1) is 36.5 Å². The third-order valence-electron chi connectivity index (χ3n) is 11.6. The summed E-state index contributed by atoms with van der Waals surface area (Å²) in [7, 11) is 0. The van der Waals surface area contributed by atoms with Crippen molar-refractivity contribution in [3.8, 4) is 23.9 Å². The van der Waals surface area contributed by atoms with Crippen molar-refractivity contribution in [2.75, 3.05) is 71.3 Å². The first-order valence-electron chi connectivity index (χ1n) is 24.4. The molecule has 0 saturated heterocycles. The highest BCUT2D eigenvalue weighted by Gasteiger charge is 2.22. The molecule has 84 heavy (non-hydrogen) atoms. The van der Waals surface area contributed by atoms with Crippen LogP contribution in [0.4, 0.5) is 69.8 Å². The SMILES string of the molecule is Cc1c(C#N)c(O)n(CCNc2nc(NCCO)nc(Nc3ccc(Nc4nc(NCCO)nc(NCCn5c(O)c(C#N)c(C)c(N=Nc6cc(C(=O)O)cc(C(=O)O)c6)c5=O)n4)cc3)n2)c(=O)c1N=Nc1cc(C(=O)O)cc(C(=O)O)c1. The van der Waals surface area contributed by atoms with Gasteiger partial charge < -0.3 is 72.8 Å². The summed E-state index contributed by atoms with van der Waals surface area (Å²) in [6, 6.07) is 16.1. The number of pyridine rings is 2. The van der Waals surface area contributed by atoms with Crippen LogP contribution in [0.2, 0.25) is 0 Å². The second kappa shape index (κ2) is 26.7. The quantitative estimate of drug-likeness (QED) is 0.0336. The predicted octanol–water partition coefficient (Wildman–Crippen LogP) is 4.29. The zero-order valence-corrected chi connectivity index (χ0v) is 43.7. The number of carboxylic acid groups (broad SMARTS) is 4. The Balaban J connectivity index is 1.05. The van der Waals surface area contributed by atoms with E-state index in [2.05, 4.69) is 82.3 Å². The maximum absolute atomic E-state index is 13.7. The molecular formula is C50H46N20O14. The topological polar surface area (TPSA) is 521 Å². The maximum Gasteiger partial charge on any atom is 0.335 e. The Kier molecular flexibility index (Phi) is 19.0. The van der Waals surface area contributed by atoms with Crippen molar-refractivity contribution in [2.24, 2.45) is 20.5 Å². The molecule has 0 atom stereocenters. The number of nitrogens with one attached hydrogen (secondary N) is 6. The summed E-state index contributed by atoms with van der Waals surface area (Å²) < 4.78 is 1.65. The molecule has 0 fully saturated rings. The Labute approximate surface area is 470 Å². The molecule has 0 aliphatic heterocycles. The Morgan fingerprint density at radius 2 is 0.786 bits per heavy atom. The van der Waals surface area contributed by atoms with Crippen molar-refractivity contribution in [1.82, 2.24) is 39.0 Å². The van der Waals surface area contributed by atoms with Crippen molar-refractivity contribution in [3.63, 3.8) is 0 Å². The smallest absolute Gasteiger partial charge is 0.335 e. The summed E-state index contributed by atoms with van der Waals surface area (Å²) in [4.78, 5) is 99.9. The number of carbonyl (C=O) groups is 4. The molecule has 0 aliphatic rings. The first kappa shape index (κ1) is 59.6. The number of aromatic nitrogens is 8. The van der Waals surface area contributed by atoms with E-state index in [4.69, 9.17) is 0 Å². The summed E-state index contributed by atoms with van der Waals surface area (Å²) in [6.07, 6.45) is 0. The van der Waals surface area contributed by atoms with Crippen LogP contribution in [0.25, 0.3) is 0 Å². The Morgan fingerprint density at radius 1 is 0.488 bits per heavy atom. The predicted molar refractivity (Wildman–Crippen MR) is 294 cm³/mol. The molecule has 0 unspecified atom stereocenters. The van der Waals surface area contributed by atoms with Crippen LogP contribution >= 0.6 is 0 Å². The molecule has 3 aromatic carbocycles. The molecule has 4 aromatic heterocycles. The zero-order valence-electron chi connectivity index (χ0n) is 43.7. The van der Waals surface area contributed by atoms with E-state index in [-0.39, 0.29) is 122 Å². The number of nitrogens with zero attached hydrogens (tertiary/aromatic N) is 14. The normalized spacial score (nSPS) is 11.0. The number of aromatic hydroxyl groups is 2. The molecule has 4 heterocycles. The highest BCUT2D eigenvalue weighted by atomic mass is 16.4. The standard InChI is InChI=1S/C50H46N20O14/c1-23-33(21-51)37(73)69(39(75)35(23)67-65-31-17-25(41(77)78)15-26(18-31)42(79)80)11-7-53-45-59-47(55-9-13-71)63-49(61-45)57-29-3-5-30(6-4-29)58-50-62-46(60-48(64-50)56-10-14-72)54-8-12-70-38(74)34(22-52)24(2)36(40(70)76)68-66-32-19-27(43(81)82)16-28(20-32)44(83)84/h3-6,15-20,71-74H,7-14H2,1-2H3,(H,77,78)(H,79,80)(H,81,82)(H,83,84)(H3,53,55,57,59,61,63)(H3,54,56,58,60,62,64). The summed E-state index contributed by atoms with van der Waals surface area (Å²) >= 11 is 0. The minimum absolute atomic E-state index is 0.00528. The summed E-state index contributed by atoms with van der Waals surface area (Å²) in [5.41, 5.74) is -4.61. The van der Waals surface area contributed by atoms with Gasteiger partial charge in [0.1, 0.15) is 23.3 Å². The lowest BCUT2D eigenvalue weighted by Gasteiger charge is -2.15. The number of hydrogen-bond acceptors (Lipinski definition) is 28. The molecule has 7 aromatic rings. The van der Waals surface area contributed by atoms with Crippen molar-refractivity contribution in [2.45, 2.75) is 26.9 Å². The number of aliphatic hydroxyl groups is 2. The van der Waals surface area contributed by atoms with Gasteiger partial charge in [-0.05, 0) is 74.5 Å². The lowest BCUT2D eigenvalue weighted by atomic mass is 10.1. The van der Waals surface area contributed by atoms with Crippen molar-refractivity contribution >= 4 is 93.7 Å². The van der Waals surface area contributed by atoms with Gasteiger partial charge in [-0.2, -0.15) is 50.7 Å². The van der Waals surface area contributed by atoms with E-state index in [1.165, 1.54) is 13.8 Å². The van der Waals surface area contributed by atoms with E-state index in [1.54, 1.807) is 24.3 Å². The van der Waals surface area contributed by atoms with Gasteiger partial charge in [-0.1, -0.05) is 0 Å². The van der Waals surface area contributed by atoms with Crippen molar-refractivity contribution in [1.29, 1.82) is 10.5 Å². The van der Waals surface area contributed by atoms with Crippen LogP contribution in [0.1, 0.15) is 63.7 Å². The van der Waals surface area contributed by atoms with Gasteiger partial charge in [-0.15, -0.1) is 10.2 Å². The van der Waals surface area contributed by atoms with Crippen LogP contribution in [0.15, 0.2) is 90.7 Å². The molecule has 7 rings (SSSR count). The van der Waals surface area contributed by atoms with Crippen LogP contribution in [-0.4, -0.2) is 143 Å². The molecule has 34 heteroatoms. The first-order chi connectivity index (χ1) is 40.2. The third-order valence-corrected chi connectivity index (χ3v) is 11.6. The van der Waals surface area contributed by atoms with Gasteiger partial charge in [0.15, 0.2) is 11.4 Å². The Hall–Kier alpha value is -12.0. The van der Waals surface area contributed by atoms with Gasteiger partial charge in [0.2, 0.25) is 47.5 Å². The number of anilines is 8. The van der Waals surface area contributed by atoms with Gasteiger partial charge in [0.25, 0.3) is 11.1 Å². The molecule has 0 bridgehead atoms. The van der Waals surface area contributed by atoms with E-state index in [0.29, 0.717) is 11.4 Å². The fourth-order valence-corrected chi connectivity index (χ4v) is 7.55. The van der Waals surface area contributed by atoms with Gasteiger partial charge >= 0.3 is 23.9 Å². The summed E-state index contributed by atoms with van der Waals surface area (Å²) in [5.74, 6) is -7.26. The number of azo groups is 2. The number of hydrogen-bond donors (Lipinski definition) is 14. The van der Waals surface area contributed by atoms with E-state index >= 15 is 0 Å². The average Bonchev–Trinajstić information content (AvgIpc) is 3.67. The van der Waals surface area contributed by atoms with Crippen LogP contribution in [0.5, 0.6) is 11.8 Å².